The predicted octanol–water partition coefficient (Wildman–Crippen LogP) is 3.74. The highest BCUT2D eigenvalue weighted by Gasteiger charge is 2.38. The smallest absolute Gasteiger partial charge is 0.327 e. The van der Waals surface area contributed by atoms with Crippen LogP contribution in [0.4, 0.5) is 0 Å². The molecule has 0 amide bonds. The molecule has 0 heterocycles. The molecule has 0 rings (SSSR count). The van der Waals surface area contributed by atoms with E-state index in [0.717, 1.165) is 12.1 Å². The monoisotopic (exact) mass is 234 g/mol. The largest absolute Gasteiger partial charge is 0.436 e. The second-order valence-electron chi connectivity index (χ2n) is 5.00. The first-order valence-electron chi connectivity index (χ1n) is 5.62. The third kappa shape index (κ3) is 5.29. The fourth-order valence-corrected chi connectivity index (χ4v) is 9.08. The van der Waals surface area contributed by atoms with E-state index in [1.807, 2.05) is 0 Å². The van der Waals surface area contributed by atoms with Gasteiger partial charge in [0.15, 0.2) is 8.32 Å². The highest BCUT2D eigenvalue weighted by Crippen LogP contribution is 2.24. The molecular weight excluding hydrogens is 208 g/mol. The minimum absolute atomic E-state index is 0.290. The molecule has 0 fully saturated rings. The van der Waals surface area contributed by atoms with Gasteiger partial charge in [-0.1, -0.05) is 13.8 Å². The topological polar surface area (TPSA) is 18.5 Å². The summed E-state index contributed by atoms with van der Waals surface area (Å²) in [7, 11) is -3.34. The Morgan fingerprint density at radius 2 is 1.43 bits per heavy atom. The molecule has 0 spiro atoms. The normalized spacial score (nSPS) is 13.7. The SMILES string of the molecule is CC[Si](CC)(OC(C)C)O[Si](C)(C)C. The zero-order valence-corrected chi connectivity index (χ0v) is 12.8. The van der Waals surface area contributed by atoms with Crippen LogP contribution in [0.25, 0.3) is 0 Å². The zero-order chi connectivity index (χ0) is 11.4. The van der Waals surface area contributed by atoms with Crippen molar-refractivity contribution < 1.29 is 8.54 Å². The van der Waals surface area contributed by atoms with Gasteiger partial charge >= 0.3 is 8.56 Å². The number of hydrogen-bond acceptors (Lipinski definition) is 2. The van der Waals surface area contributed by atoms with Gasteiger partial charge in [0.1, 0.15) is 0 Å². The van der Waals surface area contributed by atoms with Gasteiger partial charge < -0.3 is 8.54 Å². The summed E-state index contributed by atoms with van der Waals surface area (Å²) in [5.74, 6) is 0. The van der Waals surface area contributed by atoms with Gasteiger partial charge in [-0.05, 0) is 45.6 Å². The highest BCUT2D eigenvalue weighted by atomic mass is 28.4. The van der Waals surface area contributed by atoms with E-state index < -0.39 is 16.9 Å². The molecule has 14 heavy (non-hydrogen) atoms. The molecule has 0 saturated heterocycles. The van der Waals surface area contributed by atoms with Crippen molar-refractivity contribution in [2.45, 2.75) is 65.5 Å². The molecule has 0 aliphatic rings. The third-order valence-corrected chi connectivity index (χ3v) is 9.01. The van der Waals surface area contributed by atoms with E-state index in [-0.39, 0.29) is 6.10 Å². The van der Waals surface area contributed by atoms with E-state index in [4.69, 9.17) is 8.54 Å². The second kappa shape index (κ2) is 5.44. The molecular formula is C10H26O2Si2. The summed E-state index contributed by atoms with van der Waals surface area (Å²) in [6.07, 6.45) is 0.290. The van der Waals surface area contributed by atoms with Gasteiger partial charge in [-0.2, -0.15) is 0 Å². The molecule has 0 aromatic carbocycles. The Morgan fingerprint density at radius 1 is 1.00 bits per heavy atom. The third-order valence-electron chi connectivity index (χ3n) is 2.02. The number of hydrogen-bond donors (Lipinski definition) is 0. The van der Waals surface area contributed by atoms with Crippen molar-refractivity contribution >= 4 is 16.9 Å². The summed E-state index contributed by atoms with van der Waals surface area (Å²) in [6, 6.07) is 2.12. The van der Waals surface area contributed by atoms with Crippen LogP contribution in [0, 0.1) is 0 Å². The molecule has 0 N–H and O–H groups in total. The minimum Gasteiger partial charge on any atom is -0.436 e. The summed E-state index contributed by atoms with van der Waals surface area (Å²) in [4.78, 5) is 0. The van der Waals surface area contributed by atoms with Crippen LogP contribution < -0.4 is 0 Å². The predicted molar refractivity (Wildman–Crippen MR) is 67.4 cm³/mol. The summed E-state index contributed by atoms with van der Waals surface area (Å²) in [6.45, 7) is 15.3. The zero-order valence-electron chi connectivity index (χ0n) is 10.8. The van der Waals surface area contributed by atoms with Crippen molar-refractivity contribution in [2.24, 2.45) is 0 Å². The fraction of sp³-hybridized carbons (Fsp3) is 1.00. The molecule has 4 heteroatoms. The molecule has 0 aliphatic heterocycles. The highest BCUT2D eigenvalue weighted by molar-refractivity contribution is 6.82. The lowest BCUT2D eigenvalue weighted by molar-refractivity contribution is 0.179. The second-order valence-corrected chi connectivity index (χ2v) is 13.5. The molecule has 0 bridgehead atoms. The lowest BCUT2D eigenvalue weighted by Crippen LogP contribution is -2.50. The molecule has 2 nitrogen and oxygen atoms in total. The van der Waals surface area contributed by atoms with Crippen LogP contribution in [0.15, 0.2) is 0 Å². The molecule has 0 atom stereocenters. The average molecular weight is 234 g/mol. The van der Waals surface area contributed by atoms with E-state index in [9.17, 15) is 0 Å². The molecule has 0 radical (unpaired) electrons. The molecule has 0 aromatic rings. The lowest BCUT2D eigenvalue weighted by Gasteiger charge is -2.36. The quantitative estimate of drug-likeness (QED) is 0.652. The lowest BCUT2D eigenvalue weighted by atomic mass is 10.5. The van der Waals surface area contributed by atoms with Crippen molar-refractivity contribution in [3.8, 4) is 0 Å². The van der Waals surface area contributed by atoms with Gasteiger partial charge in [0.25, 0.3) is 0 Å². The van der Waals surface area contributed by atoms with Crippen molar-refractivity contribution in [1.29, 1.82) is 0 Å². The van der Waals surface area contributed by atoms with E-state index in [2.05, 4.69) is 47.3 Å². The van der Waals surface area contributed by atoms with Gasteiger partial charge in [-0.25, -0.2) is 0 Å². The van der Waals surface area contributed by atoms with Crippen LogP contribution in [0.2, 0.25) is 31.7 Å². The summed E-state index contributed by atoms with van der Waals surface area (Å²) in [5, 5.41) is 0. The summed E-state index contributed by atoms with van der Waals surface area (Å²) in [5.41, 5.74) is 0. The van der Waals surface area contributed by atoms with E-state index >= 15 is 0 Å². The average Bonchev–Trinajstić information content (AvgIpc) is 1.99. The minimum atomic E-state index is -1.88. The maximum Gasteiger partial charge on any atom is 0.327 e. The molecule has 0 aliphatic carbocycles. The van der Waals surface area contributed by atoms with Gasteiger partial charge in [-0.3, -0.25) is 0 Å². The molecule has 0 aromatic heterocycles. The van der Waals surface area contributed by atoms with Crippen LogP contribution in [0.5, 0.6) is 0 Å². The summed E-state index contributed by atoms with van der Waals surface area (Å²) < 4.78 is 12.4. The molecule has 0 saturated carbocycles. The van der Waals surface area contributed by atoms with Crippen molar-refractivity contribution in [1.82, 2.24) is 0 Å². The number of rotatable bonds is 6. The molecule has 86 valence electrons. The fourth-order valence-electron chi connectivity index (χ4n) is 1.57. The first-order chi connectivity index (χ1) is 6.24. The Bertz CT molecular complexity index is 160. The van der Waals surface area contributed by atoms with Crippen LogP contribution in [0.1, 0.15) is 27.7 Å². The van der Waals surface area contributed by atoms with Gasteiger partial charge in [0.05, 0.1) is 0 Å². The van der Waals surface area contributed by atoms with Crippen molar-refractivity contribution in [3.05, 3.63) is 0 Å². The first kappa shape index (κ1) is 14.4. The van der Waals surface area contributed by atoms with Crippen LogP contribution in [-0.2, 0) is 8.54 Å². The van der Waals surface area contributed by atoms with Crippen molar-refractivity contribution in [3.63, 3.8) is 0 Å². The van der Waals surface area contributed by atoms with Crippen LogP contribution >= 0.6 is 0 Å². The summed E-state index contributed by atoms with van der Waals surface area (Å²) >= 11 is 0. The Labute approximate surface area is 91.4 Å². The van der Waals surface area contributed by atoms with E-state index in [0.29, 0.717) is 0 Å². The van der Waals surface area contributed by atoms with Crippen LogP contribution in [0.3, 0.4) is 0 Å². The van der Waals surface area contributed by atoms with E-state index in [1.54, 1.807) is 0 Å². The Hall–Kier alpha value is 0.354. The maximum absolute atomic E-state index is 6.29. The van der Waals surface area contributed by atoms with E-state index in [1.165, 1.54) is 0 Å². The standard InChI is InChI=1S/C10H26O2Si2/c1-8-14(9-2,11-10(3)4)12-13(5,6)7/h10H,8-9H2,1-7H3. The van der Waals surface area contributed by atoms with Gasteiger partial charge in [-0.15, -0.1) is 0 Å². The Kier molecular flexibility index (Phi) is 5.58. The van der Waals surface area contributed by atoms with Gasteiger partial charge in [0, 0.05) is 6.10 Å². The van der Waals surface area contributed by atoms with Crippen LogP contribution in [-0.4, -0.2) is 23.0 Å². The van der Waals surface area contributed by atoms with Crippen molar-refractivity contribution in [2.75, 3.05) is 0 Å². The molecule has 0 unspecified atom stereocenters. The maximum atomic E-state index is 6.29. The van der Waals surface area contributed by atoms with Gasteiger partial charge in [0.2, 0.25) is 0 Å². The first-order valence-corrected chi connectivity index (χ1v) is 11.3. The Morgan fingerprint density at radius 3 is 1.64 bits per heavy atom. The Balaban J connectivity index is 4.53.